The van der Waals surface area contributed by atoms with Gasteiger partial charge in [-0.25, -0.2) is 0 Å². The molecule has 1 amide bonds. The Kier molecular flexibility index (Phi) is 6.58. The maximum absolute atomic E-state index is 13.3. The van der Waals surface area contributed by atoms with Crippen molar-refractivity contribution >= 4 is 30.3 Å². The van der Waals surface area contributed by atoms with Crippen LogP contribution < -0.4 is 10.9 Å². The van der Waals surface area contributed by atoms with Crippen molar-refractivity contribution in [1.82, 2.24) is 8.88 Å². The monoisotopic (exact) mass is 438 g/mol. The third-order valence-electron chi connectivity index (χ3n) is 4.30. The molecule has 142 valence electrons. The Bertz CT molecular complexity index is 983. The van der Waals surface area contributed by atoms with Gasteiger partial charge in [-0.3, -0.25) is 0 Å². The van der Waals surface area contributed by atoms with E-state index in [0.717, 1.165) is 37.8 Å². The molecule has 3 rings (SSSR count). The van der Waals surface area contributed by atoms with E-state index in [9.17, 15) is 18.4 Å². The fourth-order valence-electron chi connectivity index (χ4n) is 2.84. The van der Waals surface area contributed by atoms with Crippen LogP contribution in [0.4, 0.5) is 8.78 Å². The molecule has 0 atom stereocenters. The molecule has 0 spiro atoms. The van der Waals surface area contributed by atoms with Gasteiger partial charge in [-0.2, -0.15) is 0 Å². The predicted octanol–water partition coefficient (Wildman–Crippen LogP) is 3.33. The van der Waals surface area contributed by atoms with Gasteiger partial charge in [0.25, 0.3) is 0 Å². The SMILES string of the molecule is O=C(NCCCCCCn1[se]c2cc(F)c(F)cc2c1=O)c1ccccc1. The molecule has 0 aliphatic heterocycles. The third kappa shape index (κ3) is 4.93. The molecule has 7 heteroatoms. The summed E-state index contributed by atoms with van der Waals surface area (Å²) in [6, 6.07) is 11.2. The van der Waals surface area contributed by atoms with E-state index in [-0.39, 0.29) is 31.6 Å². The summed E-state index contributed by atoms with van der Waals surface area (Å²) < 4.78 is 28.9. The number of unbranched alkanes of at least 4 members (excludes halogenated alkanes) is 3. The summed E-state index contributed by atoms with van der Waals surface area (Å²) in [6.07, 6.45) is 3.58. The molecule has 27 heavy (non-hydrogen) atoms. The summed E-state index contributed by atoms with van der Waals surface area (Å²) in [5.41, 5.74) is 0.443. The van der Waals surface area contributed by atoms with E-state index in [4.69, 9.17) is 0 Å². The van der Waals surface area contributed by atoms with E-state index in [1.165, 1.54) is 0 Å². The van der Waals surface area contributed by atoms with Crippen LogP contribution in [0.2, 0.25) is 0 Å². The van der Waals surface area contributed by atoms with E-state index in [2.05, 4.69) is 5.32 Å². The number of hydrogen-bond acceptors (Lipinski definition) is 2. The van der Waals surface area contributed by atoms with Crippen molar-refractivity contribution in [2.75, 3.05) is 6.54 Å². The number of carbonyl (C=O) groups is 1. The van der Waals surface area contributed by atoms with Crippen molar-refractivity contribution in [3.63, 3.8) is 0 Å². The Morgan fingerprint density at radius 2 is 1.70 bits per heavy atom. The molecular formula is C20H20F2N2O2Se. The molecule has 0 unspecified atom stereocenters. The number of hydrogen-bond donors (Lipinski definition) is 1. The van der Waals surface area contributed by atoms with E-state index in [1.807, 2.05) is 18.2 Å². The zero-order valence-electron chi connectivity index (χ0n) is 14.7. The normalized spacial score (nSPS) is 11.0. The third-order valence-corrected chi connectivity index (χ3v) is 6.61. The van der Waals surface area contributed by atoms with Gasteiger partial charge >= 0.3 is 155 Å². The topological polar surface area (TPSA) is 51.1 Å². The number of amides is 1. The molecule has 3 aromatic rings. The van der Waals surface area contributed by atoms with Crippen LogP contribution in [-0.2, 0) is 6.54 Å². The second kappa shape index (κ2) is 9.11. The molecule has 0 saturated carbocycles. The van der Waals surface area contributed by atoms with Gasteiger partial charge in [0, 0.05) is 0 Å². The van der Waals surface area contributed by atoms with E-state index < -0.39 is 11.6 Å². The van der Waals surface area contributed by atoms with Gasteiger partial charge in [-0.15, -0.1) is 0 Å². The van der Waals surface area contributed by atoms with Crippen LogP contribution in [0.1, 0.15) is 36.0 Å². The number of nitrogens with one attached hydrogen (secondary N) is 1. The molecule has 1 aromatic heterocycles. The van der Waals surface area contributed by atoms with Crippen LogP contribution in [-0.4, -0.2) is 30.7 Å². The van der Waals surface area contributed by atoms with E-state index in [1.54, 1.807) is 15.7 Å². The average molecular weight is 437 g/mol. The minimum absolute atomic E-state index is 0.0711. The van der Waals surface area contributed by atoms with Crippen LogP contribution in [0, 0.1) is 11.6 Å². The molecule has 0 aliphatic rings. The molecule has 0 bridgehead atoms. The Morgan fingerprint density at radius 1 is 1.00 bits per heavy atom. The predicted molar refractivity (Wildman–Crippen MR) is 102 cm³/mol. The summed E-state index contributed by atoms with van der Waals surface area (Å²) in [5, 5.41) is 3.18. The molecule has 0 aliphatic carbocycles. The van der Waals surface area contributed by atoms with Gasteiger partial charge in [-0.05, 0) is 0 Å². The first-order valence-corrected chi connectivity index (χ1v) is 10.5. The molecule has 0 fully saturated rings. The van der Waals surface area contributed by atoms with E-state index >= 15 is 0 Å². The van der Waals surface area contributed by atoms with Crippen molar-refractivity contribution in [2.45, 2.75) is 32.2 Å². The fourth-order valence-corrected chi connectivity index (χ4v) is 5.02. The van der Waals surface area contributed by atoms with Crippen molar-refractivity contribution in [3.05, 3.63) is 70.0 Å². The summed E-state index contributed by atoms with van der Waals surface area (Å²) in [5.74, 6) is -1.95. The van der Waals surface area contributed by atoms with Gasteiger partial charge < -0.3 is 0 Å². The molecule has 2 aromatic carbocycles. The van der Waals surface area contributed by atoms with Crippen LogP contribution in [0.15, 0.2) is 47.3 Å². The Balaban J connectivity index is 1.39. The van der Waals surface area contributed by atoms with Crippen molar-refractivity contribution in [3.8, 4) is 0 Å². The summed E-state index contributed by atoms with van der Waals surface area (Å²) >= 11 is -0.287. The van der Waals surface area contributed by atoms with Gasteiger partial charge in [0.15, 0.2) is 0 Å². The summed E-state index contributed by atoms with van der Waals surface area (Å²) in [4.78, 5) is 24.1. The van der Waals surface area contributed by atoms with Gasteiger partial charge in [0.05, 0.1) is 0 Å². The molecule has 0 radical (unpaired) electrons. The first-order chi connectivity index (χ1) is 13.1. The number of rotatable bonds is 8. The molecule has 1 N–H and O–H groups in total. The van der Waals surface area contributed by atoms with Gasteiger partial charge in [-0.1, -0.05) is 6.07 Å². The number of halogens is 2. The van der Waals surface area contributed by atoms with Crippen LogP contribution in [0.5, 0.6) is 0 Å². The second-order valence-electron chi connectivity index (χ2n) is 6.30. The van der Waals surface area contributed by atoms with Crippen molar-refractivity contribution < 1.29 is 13.6 Å². The zero-order valence-corrected chi connectivity index (χ0v) is 16.4. The summed E-state index contributed by atoms with van der Waals surface area (Å²) in [7, 11) is 0. The number of benzene rings is 2. The maximum atomic E-state index is 13.3. The minimum atomic E-state index is -0.975. The number of aromatic nitrogens is 1. The van der Waals surface area contributed by atoms with Gasteiger partial charge in [0.1, 0.15) is 0 Å². The zero-order chi connectivity index (χ0) is 19.2. The number of nitrogens with zero attached hydrogens (tertiary/aromatic N) is 1. The van der Waals surface area contributed by atoms with Crippen LogP contribution in [0.25, 0.3) is 9.65 Å². The first-order valence-electron chi connectivity index (χ1n) is 8.88. The average Bonchev–Trinajstić information content (AvgIpc) is 2.97. The fraction of sp³-hybridized carbons (Fsp3) is 0.300. The van der Waals surface area contributed by atoms with Gasteiger partial charge in [0.2, 0.25) is 0 Å². The first kappa shape index (κ1) is 19.5. The van der Waals surface area contributed by atoms with E-state index in [0.29, 0.717) is 22.9 Å². The number of aryl methyl sites for hydroxylation is 1. The van der Waals surface area contributed by atoms with Crippen molar-refractivity contribution in [1.29, 1.82) is 0 Å². The standard InChI is InChI=1S/C20H20F2N2O2Se/c21-16-12-15-18(13-17(16)22)27-24(20(15)26)11-7-2-1-6-10-23-19(25)14-8-4-3-5-9-14/h3-5,8-9,12-13H,1-2,6-7,10-11H2,(H,23,25). The second-order valence-corrected chi connectivity index (χ2v) is 8.53. The summed E-state index contributed by atoms with van der Waals surface area (Å²) in [6.45, 7) is 1.21. The molecule has 0 saturated heterocycles. The molecule has 4 nitrogen and oxygen atoms in total. The Hall–Kier alpha value is -2.24. The van der Waals surface area contributed by atoms with Crippen LogP contribution >= 0.6 is 0 Å². The quantitative estimate of drug-likeness (QED) is 0.434. The molecule has 1 heterocycles. The molecular weight excluding hydrogens is 417 g/mol. The number of carbonyl (C=O) groups excluding carboxylic acids is 1. The Morgan fingerprint density at radius 3 is 2.48 bits per heavy atom. The number of fused-ring (bicyclic) bond motifs is 1. The van der Waals surface area contributed by atoms with Crippen molar-refractivity contribution in [2.24, 2.45) is 0 Å². The van der Waals surface area contributed by atoms with Crippen LogP contribution in [0.3, 0.4) is 0 Å². The Labute approximate surface area is 161 Å².